The van der Waals surface area contributed by atoms with Crippen LogP contribution < -0.4 is 16.0 Å². The number of carbonyl (C=O) groups excluding carboxylic acids is 3. The number of benzene rings is 1. The summed E-state index contributed by atoms with van der Waals surface area (Å²) in [5.41, 5.74) is 1.12. The minimum atomic E-state index is -0.371. The van der Waals surface area contributed by atoms with E-state index in [1.165, 1.54) is 7.11 Å². The normalized spacial score (nSPS) is 14.5. The van der Waals surface area contributed by atoms with Crippen molar-refractivity contribution in [3.05, 3.63) is 29.8 Å². The van der Waals surface area contributed by atoms with E-state index in [9.17, 15) is 14.4 Å². The van der Waals surface area contributed by atoms with Crippen LogP contribution in [0.25, 0.3) is 0 Å². The van der Waals surface area contributed by atoms with Crippen LogP contribution >= 0.6 is 12.4 Å². The molecule has 1 atom stereocenters. The smallest absolute Gasteiger partial charge is 0.307 e. The molecule has 0 aromatic heterocycles. The van der Waals surface area contributed by atoms with Gasteiger partial charge in [0.15, 0.2) is 0 Å². The second kappa shape index (κ2) is 10.0. The highest BCUT2D eigenvalue weighted by Gasteiger charge is 2.28. The summed E-state index contributed by atoms with van der Waals surface area (Å²) < 4.78 is 4.50. The van der Waals surface area contributed by atoms with Gasteiger partial charge >= 0.3 is 5.97 Å². The average molecular weight is 370 g/mol. The lowest BCUT2D eigenvalue weighted by Gasteiger charge is -2.31. The van der Waals surface area contributed by atoms with Crippen LogP contribution in [0.1, 0.15) is 23.7 Å². The van der Waals surface area contributed by atoms with Gasteiger partial charge < -0.3 is 20.7 Å². The van der Waals surface area contributed by atoms with Crippen molar-refractivity contribution in [1.82, 2.24) is 10.6 Å². The first-order valence-electron chi connectivity index (χ1n) is 7.98. The molecule has 1 aliphatic rings. The molecule has 2 rings (SSSR count). The molecule has 25 heavy (non-hydrogen) atoms. The van der Waals surface area contributed by atoms with Gasteiger partial charge in [0.1, 0.15) is 0 Å². The fraction of sp³-hybridized carbons (Fsp3) is 0.471. The third kappa shape index (κ3) is 6.03. The van der Waals surface area contributed by atoms with Crippen LogP contribution in [0.3, 0.4) is 0 Å². The van der Waals surface area contributed by atoms with Crippen molar-refractivity contribution in [2.45, 2.75) is 13.3 Å². The molecule has 0 radical (unpaired) electrons. The first kappa shape index (κ1) is 20.9. The third-order valence-electron chi connectivity index (χ3n) is 4.19. The molecule has 3 N–H and O–H groups in total. The summed E-state index contributed by atoms with van der Waals surface area (Å²) in [6.07, 6.45) is 0.129. The van der Waals surface area contributed by atoms with Gasteiger partial charge in [-0.2, -0.15) is 0 Å². The van der Waals surface area contributed by atoms with E-state index in [1.54, 1.807) is 24.3 Å². The molecule has 0 spiro atoms. The zero-order chi connectivity index (χ0) is 17.5. The van der Waals surface area contributed by atoms with Crippen LogP contribution in [0.5, 0.6) is 0 Å². The molecule has 1 unspecified atom stereocenters. The summed E-state index contributed by atoms with van der Waals surface area (Å²) in [5, 5.41) is 8.66. The number of carbonyl (C=O) groups is 3. The van der Waals surface area contributed by atoms with Crippen LogP contribution in [-0.4, -0.2) is 44.5 Å². The number of hydrogen-bond acceptors (Lipinski definition) is 5. The zero-order valence-electron chi connectivity index (χ0n) is 14.3. The molecule has 0 bridgehead atoms. The van der Waals surface area contributed by atoms with Crippen LogP contribution in [0.2, 0.25) is 0 Å². The van der Waals surface area contributed by atoms with Gasteiger partial charge in [-0.05, 0) is 43.3 Å². The van der Waals surface area contributed by atoms with Crippen molar-refractivity contribution in [3.63, 3.8) is 0 Å². The summed E-state index contributed by atoms with van der Waals surface area (Å²) in [6, 6.07) is 6.66. The molecule has 1 aromatic carbocycles. The Balaban J connectivity index is 0.00000312. The standard InChI is InChI=1S/C17H23N3O4.ClH/c1-11(13-9-18-10-13)16(22)20-14-5-3-12(4-6-14)17(23)19-8-7-15(21)24-2;/h3-6,11,13,18H,7-10H2,1-2H3,(H,19,23)(H,20,22);1H. The maximum atomic E-state index is 12.1. The fourth-order valence-corrected chi connectivity index (χ4v) is 2.32. The Morgan fingerprint density at radius 3 is 2.40 bits per heavy atom. The lowest BCUT2D eigenvalue weighted by molar-refractivity contribution is -0.140. The quantitative estimate of drug-likeness (QED) is 0.627. The molecule has 1 saturated heterocycles. The molecule has 0 saturated carbocycles. The zero-order valence-corrected chi connectivity index (χ0v) is 15.2. The molecule has 1 aliphatic heterocycles. The highest BCUT2D eigenvalue weighted by atomic mass is 35.5. The fourth-order valence-electron chi connectivity index (χ4n) is 2.32. The van der Waals surface area contributed by atoms with Crippen LogP contribution in [0.4, 0.5) is 5.69 Å². The van der Waals surface area contributed by atoms with Gasteiger partial charge in [-0.1, -0.05) is 6.92 Å². The Morgan fingerprint density at radius 2 is 1.88 bits per heavy atom. The second-order valence-electron chi connectivity index (χ2n) is 5.86. The van der Waals surface area contributed by atoms with Gasteiger partial charge in [0.05, 0.1) is 13.5 Å². The van der Waals surface area contributed by atoms with Crippen molar-refractivity contribution >= 4 is 35.9 Å². The van der Waals surface area contributed by atoms with E-state index < -0.39 is 0 Å². The first-order valence-corrected chi connectivity index (χ1v) is 7.98. The highest BCUT2D eigenvalue weighted by molar-refractivity contribution is 5.96. The average Bonchev–Trinajstić information content (AvgIpc) is 2.53. The largest absolute Gasteiger partial charge is 0.469 e. The SMILES string of the molecule is COC(=O)CCNC(=O)c1ccc(NC(=O)C(C)C2CNC2)cc1.Cl. The Kier molecular flexibility index (Phi) is 8.37. The number of rotatable bonds is 7. The van der Waals surface area contributed by atoms with E-state index in [2.05, 4.69) is 20.7 Å². The van der Waals surface area contributed by atoms with Gasteiger partial charge in [0.25, 0.3) is 5.91 Å². The summed E-state index contributed by atoms with van der Waals surface area (Å²) in [4.78, 5) is 35.1. The Morgan fingerprint density at radius 1 is 1.24 bits per heavy atom. The number of anilines is 1. The van der Waals surface area contributed by atoms with E-state index in [0.717, 1.165) is 13.1 Å². The highest BCUT2D eigenvalue weighted by Crippen LogP contribution is 2.18. The minimum absolute atomic E-state index is 0. The Bertz CT molecular complexity index is 602. The van der Waals surface area contributed by atoms with Crippen molar-refractivity contribution in [2.75, 3.05) is 32.1 Å². The van der Waals surface area contributed by atoms with Crippen LogP contribution in [0.15, 0.2) is 24.3 Å². The van der Waals surface area contributed by atoms with Crippen LogP contribution in [-0.2, 0) is 14.3 Å². The summed E-state index contributed by atoms with van der Waals surface area (Å²) >= 11 is 0. The van der Waals surface area contributed by atoms with Gasteiger partial charge in [-0.15, -0.1) is 12.4 Å². The summed E-state index contributed by atoms with van der Waals surface area (Å²) in [7, 11) is 1.31. The molecule has 1 heterocycles. The van der Waals surface area contributed by atoms with E-state index in [0.29, 0.717) is 17.2 Å². The molecule has 1 aromatic rings. The molecular formula is C17H24ClN3O4. The number of methoxy groups -OCH3 is 1. The lowest BCUT2D eigenvalue weighted by atomic mass is 9.88. The molecular weight excluding hydrogens is 346 g/mol. The molecule has 138 valence electrons. The predicted octanol–water partition coefficient (Wildman–Crippen LogP) is 1.20. The predicted molar refractivity (Wildman–Crippen MR) is 96.8 cm³/mol. The number of halogens is 1. The molecule has 8 heteroatoms. The van der Waals surface area contributed by atoms with Gasteiger partial charge in [-0.3, -0.25) is 14.4 Å². The maximum absolute atomic E-state index is 12.1. The van der Waals surface area contributed by atoms with E-state index in [4.69, 9.17) is 0 Å². The summed E-state index contributed by atoms with van der Waals surface area (Å²) in [6.45, 7) is 3.89. The molecule has 2 amide bonds. The summed E-state index contributed by atoms with van der Waals surface area (Å²) in [5.74, 6) is -0.330. The number of esters is 1. The van der Waals surface area contributed by atoms with Gasteiger partial charge in [-0.25, -0.2) is 0 Å². The number of amides is 2. The number of nitrogens with one attached hydrogen (secondary N) is 3. The Hall–Kier alpha value is -2.12. The topological polar surface area (TPSA) is 96.5 Å². The van der Waals surface area contributed by atoms with E-state index >= 15 is 0 Å². The second-order valence-corrected chi connectivity index (χ2v) is 5.86. The lowest BCUT2D eigenvalue weighted by Crippen LogP contribution is -2.48. The monoisotopic (exact) mass is 369 g/mol. The van der Waals surface area contributed by atoms with Crippen molar-refractivity contribution in [2.24, 2.45) is 11.8 Å². The van der Waals surface area contributed by atoms with Gasteiger partial charge in [0, 0.05) is 23.7 Å². The molecule has 1 fully saturated rings. The first-order chi connectivity index (χ1) is 11.5. The van der Waals surface area contributed by atoms with Crippen molar-refractivity contribution in [1.29, 1.82) is 0 Å². The van der Waals surface area contributed by atoms with Gasteiger partial charge in [0.2, 0.25) is 5.91 Å². The van der Waals surface area contributed by atoms with E-state index in [1.807, 2.05) is 6.92 Å². The maximum Gasteiger partial charge on any atom is 0.307 e. The number of hydrogen-bond donors (Lipinski definition) is 3. The van der Waals surface area contributed by atoms with Crippen molar-refractivity contribution < 1.29 is 19.1 Å². The minimum Gasteiger partial charge on any atom is -0.469 e. The van der Waals surface area contributed by atoms with Crippen molar-refractivity contribution in [3.8, 4) is 0 Å². The third-order valence-corrected chi connectivity index (χ3v) is 4.19. The van der Waals surface area contributed by atoms with E-state index in [-0.39, 0.29) is 49.1 Å². The molecule has 7 nitrogen and oxygen atoms in total. The number of ether oxygens (including phenoxy) is 1. The van der Waals surface area contributed by atoms with Crippen LogP contribution in [0, 0.1) is 11.8 Å². The Labute approximate surface area is 153 Å². The molecule has 0 aliphatic carbocycles.